The highest BCUT2D eigenvalue weighted by molar-refractivity contribution is 5.95. The van der Waals surface area contributed by atoms with Crippen molar-refractivity contribution in [1.29, 1.82) is 0 Å². The van der Waals surface area contributed by atoms with E-state index in [-0.39, 0.29) is 12.3 Å². The third kappa shape index (κ3) is 4.35. The Balaban J connectivity index is 1.25. The van der Waals surface area contributed by atoms with Crippen molar-refractivity contribution in [3.63, 3.8) is 0 Å². The molecule has 1 amide bonds. The first-order valence-electron chi connectivity index (χ1n) is 10.8. The molecule has 0 aliphatic carbocycles. The van der Waals surface area contributed by atoms with E-state index in [0.717, 1.165) is 16.3 Å². The van der Waals surface area contributed by atoms with E-state index in [9.17, 15) is 4.79 Å². The predicted octanol–water partition coefficient (Wildman–Crippen LogP) is 3.48. The summed E-state index contributed by atoms with van der Waals surface area (Å²) in [6.45, 7) is 4.51. The van der Waals surface area contributed by atoms with Crippen LogP contribution in [0.4, 0.5) is 11.6 Å². The van der Waals surface area contributed by atoms with Crippen molar-refractivity contribution < 1.29 is 14.1 Å². The van der Waals surface area contributed by atoms with Crippen LogP contribution in [-0.2, 0) is 4.79 Å². The van der Waals surface area contributed by atoms with Gasteiger partial charge in [0.1, 0.15) is 11.3 Å². The maximum absolute atomic E-state index is 12.5. The molecule has 4 aromatic heterocycles. The Morgan fingerprint density at radius 1 is 1.18 bits per heavy atom. The Kier molecular flexibility index (Phi) is 5.73. The van der Waals surface area contributed by atoms with Crippen LogP contribution >= 0.6 is 0 Å². The second-order valence-electron chi connectivity index (χ2n) is 7.48. The Labute approximate surface area is 194 Å². The first-order valence-corrected chi connectivity index (χ1v) is 10.8. The lowest BCUT2D eigenvalue weighted by Crippen LogP contribution is -2.17. The van der Waals surface area contributed by atoms with Gasteiger partial charge in [-0.3, -0.25) is 4.79 Å². The molecule has 0 atom stereocenters. The number of amides is 1. The summed E-state index contributed by atoms with van der Waals surface area (Å²) >= 11 is 0. The van der Waals surface area contributed by atoms with E-state index in [1.165, 1.54) is 0 Å². The van der Waals surface area contributed by atoms with Gasteiger partial charge in [0, 0.05) is 55.5 Å². The van der Waals surface area contributed by atoms with E-state index in [1.807, 2.05) is 31.2 Å². The molecule has 0 aliphatic rings. The van der Waals surface area contributed by atoms with Crippen molar-refractivity contribution in [2.75, 3.05) is 23.8 Å². The van der Waals surface area contributed by atoms with Crippen LogP contribution in [0.2, 0.25) is 0 Å². The van der Waals surface area contributed by atoms with Crippen LogP contribution in [0.25, 0.3) is 27.7 Å². The third-order valence-electron chi connectivity index (χ3n) is 5.10. The van der Waals surface area contributed by atoms with Crippen LogP contribution in [0.1, 0.15) is 19.2 Å². The Hall–Kier alpha value is -4.54. The minimum Gasteiger partial charge on any atom is -0.476 e. The van der Waals surface area contributed by atoms with Crippen molar-refractivity contribution in [2.45, 2.75) is 20.3 Å². The molecule has 2 N–H and O–H groups in total. The number of benzene rings is 1. The molecule has 4 heterocycles. The van der Waals surface area contributed by atoms with Crippen molar-refractivity contribution >= 4 is 33.8 Å². The van der Waals surface area contributed by atoms with E-state index >= 15 is 0 Å². The van der Waals surface area contributed by atoms with Gasteiger partial charge in [-0.2, -0.15) is 4.98 Å². The zero-order valence-corrected chi connectivity index (χ0v) is 18.6. The lowest BCUT2D eigenvalue weighted by atomic mass is 10.1. The number of carbonyl (C=O) groups is 1. The molecule has 172 valence electrons. The minimum atomic E-state index is -0.176. The number of anilines is 2. The van der Waals surface area contributed by atoms with Gasteiger partial charge >= 0.3 is 0 Å². The molecule has 5 aromatic rings. The molecule has 0 unspecified atom stereocenters. The monoisotopic (exact) mass is 458 g/mol. The Bertz CT molecular complexity index is 1480. The van der Waals surface area contributed by atoms with E-state index in [2.05, 4.69) is 35.8 Å². The molecule has 0 saturated carbocycles. The molecule has 0 saturated heterocycles. The highest BCUT2D eigenvalue weighted by atomic mass is 16.5. The summed E-state index contributed by atoms with van der Waals surface area (Å²) in [6.07, 6.45) is 5.25. The number of nitrogens with one attached hydrogen (secondary N) is 2. The predicted molar refractivity (Wildman–Crippen MR) is 126 cm³/mol. The highest BCUT2D eigenvalue weighted by Gasteiger charge is 2.12. The average molecular weight is 458 g/mol. The molecular weight excluding hydrogens is 436 g/mol. The maximum Gasteiger partial charge on any atom is 0.240 e. The summed E-state index contributed by atoms with van der Waals surface area (Å²) < 4.78 is 12.2. The third-order valence-corrected chi connectivity index (χ3v) is 5.10. The SMILES string of the molecule is CCOc1nccn2nc(NC(=O)CCNc3nccc4ccc(-c5noc(C)n5)cc34)cc12. The summed E-state index contributed by atoms with van der Waals surface area (Å²) in [5.41, 5.74) is 1.51. The standard InChI is InChI=1S/C23H22N8O3/c1-3-33-23-18-13-19(29-31(18)11-10-26-23)28-20(32)7-9-25-22-17-12-16(21-27-14(2)34-30-21)5-4-15(17)6-8-24-22/h4-6,8,10-13H,3,7,9H2,1-2H3,(H,24,25)(H,28,29,32). The van der Waals surface area contributed by atoms with Gasteiger partial charge in [-0.1, -0.05) is 17.3 Å². The number of pyridine rings is 1. The number of fused-ring (bicyclic) bond motifs is 2. The van der Waals surface area contributed by atoms with Crippen LogP contribution in [0.5, 0.6) is 5.88 Å². The minimum absolute atomic E-state index is 0.176. The summed E-state index contributed by atoms with van der Waals surface area (Å²) in [5.74, 6) is 2.42. The topological polar surface area (TPSA) is 132 Å². The highest BCUT2D eigenvalue weighted by Crippen LogP contribution is 2.26. The first-order chi connectivity index (χ1) is 16.6. The lowest BCUT2D eigenvalue weighted by Gasteiger charge is -2.09. The van der Waals surface area contributed by atoms with Gasteiger partial charge in [0.2, 0.25) is 23.5 Å². The van der Waals surface area contributed by atoms with Crippen LogP contribution in [-0.4, -0.2) is 48.8 Å². The molecule has 0 spiro atoms. The van der Waals surface area contributed by atoms with Gasteiger partial charge in [0.05, 0.1) is 6.61 Å². The quantitative estimate of drug-likeness (QED) is 0.358. The van der Waals surface area contributed by atoms with Gasteiger partial charge < -0.3 is 19.9 Å². The van der Waals surface area contributed by atoms with Crippen molar-refractivity contribution in [3.8, 4) is 17.3 Å². The summed E-state index contributed by atoms with van der Waals surface area (Å²) in [5, 5.41) is 16.3. The van der Waals surface area contributed by atoms with Gasteiger partial charge in [0.25, 0.3) is 0 Å². The van der Waals surface area contributed by atoms with Crippen LogP contribution in [0.15, 0.2) is 53.4 Å². The number of nitrogens with zero attached hydrogens (tertiary/aromatic N) is 6. The number of aromatic nitrogens is 6. The molecule has 11 heteroatoms. The second kappa shape index (κ2) is 9.14. The number of carbonyl (C=O) groups excluding carboxylic acids is 1. The number of aryl methyl sites for hydroxylation is 1. The second-order valence-corrected chi connectivity index (χ2v) is 7.48. The van der Waals surface area contributed by atoms with E-state index in [0.29, 0.717) is 47.9 Å². The zero-order valence-electron chi connectivity index (χ0n) is 18.6. The van der Waals surface area contributed by atoms with E-state index in [4.69, 9.17) is 9.26 Å². The summed E-state index contributed by atoms with van der Waals surface area (Å²) in [4.78, 5) is 25.4. The normalized spacial score (nSPS) is 11.1. The number of hydrogen-bond donors (Lipinski definition) is 2. The van der Waals surface area contributed by atoms with Gasteiger partial charge in [-0.05, 0) is 24.4 Å². The van der Waals surface area contributed by atoms with Crippen molar-refractivity contribution in [1.82, 2.24) is 29.7 Å². The molecule has 0 bridgehead atoms. The van der Waals surface area contributed by atoms with Gasteiger partial charge in [-0.25, -0.2) is 14.5 Å². The lowest BCUT2D eigenvalue weighted by molar-refractivity contribution is -0.116. The molecule has 5 rings (SSSR count). The average Bonchev–Trinajstić information content (AvgIpc) is 3.45. The molecular formula is C23H22N8O3. The van der Waals surface area contributed by atoms with Crippen molar-refractivity contribution in [2.24, 2.45) is 0 Å². The molecule has 0 radical (unpaired) electrons. The van der Waals surface area contributed by atoms with Gasteiger partial charge in [0.15, 0.2) is 5.82 Å². The van der Waals surface area contributed by atoms with Crippen LogP contribution in [0.3, 0.4) is 0 Å². The van der Waals surface area contributed by atoms with Gasteiger partial charge in [-0.15, -0.1) is 5.10 Å². The number of hydrogen-bond acceptors (Lipinski definition) is 9. The molecule has 11 nitrogen and oxygen atoms in total. The Morgan fingerprint density at radius 3 is 2.91 bits per heavy atom. The fourth-order valence-corrected chi connectivity index (χ4v) is 3.57. The van der Waals surface area contributed by atoms with E-state index in [1.54, 1.807) is 36.1 Å². The largest absolute Gasteiger partial charge is 0.476 e. The van der Waals surface area contributed by atoms with E-state index < -0.39 is 0 Å². The number of ether oxygens (including phenoxy) is 1. The number of rotatable bonds is 8. The van der Waals surface area contributed by atoms with Crippen LogP contribution < -0.4 is 15.4 Å². The smallest absolute Gasteiger partial charge is 0.240 e. The van der Waals surface area contributed by atoms with Crippen LogP contribution in [0, 0.1) is 6.92 Å². The first kappa shape index (κ1) is 21.3. The maximum atomic E-state index is 12.5. The van der Waals surface area contributed by atoms with Crippen molar-refractivity contribution in [3.05, 3.63) is 54.8 Å². The summed E-state index contributed by atoms with van der Waals surface area (Å²) in [6, 6.07) is 9.52. The summed E-state index contributed by atoms with van der Waals surface area (Å²) in [7, 11) is 0. The molecule has 34 heavy (non-hydrogen) atoms. The zero-order chi connectivity index (χ0) is 23.5. The fourth-order valence-electron chi connectivity index (χ4n) is 3.57. The molecule has 0 aliphatic heterocycles. The molecule has 0 fully saturated rings. The fraction of sp³-hybridized carbons (Fsp3) is 0.217. The Morgan fingerprint density at radius 2 is 2.09 bits per heavy atom. The molecule has 1 aromatic carbocycles.